The van der Waals surface area contributed by atoms with Crippen molar-refractivity contribution in [2.24, 2.45) is 5.92 Å². The molecular weight excluding hydrogens is 238 g/mol. The monoisotopic (exact) mass is 255 g/mol. The molecule has 7 heteroatoms. The SMILES string of the molecule is Cc1cc(CNC(=O)N[C@H](C(=O)O)C(C)C)no1. The Morgan fingerprint density at radius 2 is 2.17 bits per heavy atom. The fraction of sp³-hybridized carbons (Fsp3) is 0.545. The predicted molar refractivity (Wildman–Crippen MR) is 62.9 cm³/mol. The second kappa shape index (κ2) is 6.04. The van der Waals surface area contributed by atoms with E-state index in [1.54, 1.807) is 26.8 Å². The van der Waals surface area contributed by atoms with Crippen LogP contribution in [0.3, 0.4) is 0 Å². The topological polar surface area (TPSA) is 104 Å². The maximum Gasteiger partial charge on any atom is 0.326 e. The summed E-state index contributed by atoms with van der Waals surface area (Å²) in [5.74, 6) is -0.599. The minimum absolute atomic E-state index is 0.188. The first-order valence-electron chi connectivity index (χ1n) is 5.59. The van der Waals surface area contributed by atoms with E-state index in [-0.39, 0.29) is 12.5 Å². The second-order valence-corrected chi connectivity index (χ2v) is 4.32. The lowest BCUT2D eigenvalue weighted by Gasteiger charge is -2.17. The Morgan fingerprint density at radius 3 is 2.61 bits per heavy atom. The van der Waals surface area contributed by atoms with Gasteiger partial charge in [-0.25, -0.2) is 9.59 Å². The average molecular weight is 255 g/mol. The molecule has 7 nitrogen and oxygen atoms in total. The highest BCUT2D eigenvalue weighted by Crippen LogP contribution is 2.02. The lowest BCUT2D eigenvalue weighted by atomic mass is 10.1. The minimum Gasteiger partial charge on any atom is -0.480 e. The number of hydrogen-bond donors (Lipinski definition) is 3. The maximum atomic E-state index is 11.5. The average Bonchev–Trinajstić information content (AvgIpc) is 2.68. The molecule has 2 amide bonds. The largest absolute Gasteiger partial charge is 0.480 e. The Bertz CT molecular complexity index is 428. The van der Waals surface area contributed by atoms with Gasteiger partial charge in [-0.05, 0) is 12.8 Å². The third-order valence-electron chi connectivity index (χ3n) is 2.33. The number of carboxylic acid groups (broad SMARTS) is 1. The summed E-state index contributed by atoms with van der Waals surface area (Å²) in [6.45, 7) is 5.38. The summed E-state index contributed by atoms with van der Waals surface area (Å²) in [6, 6.07) is 0.234. The van der Waals surface area contributed by atoms with E-state index in [1.807, 2.05) is 0 Å². The van der Waals surface area contributed by atoms with Gasteiger partial charge in [0.05, 0.1) is 6.54 Å². The van der Waals surface area contributed by atoms with Crippen molar-refractivity contribution in [3.05, 3.63) is 17.5 Å². The van der Waals surface area contributed by atoms with Crippen molar-refractivity contribution in [3.8, 4) is 0 Å². The molecule has 18 heavy (non-hydrogen) atoms. The van der Waals surface area contributed by atoms with Crippen LogP contribution < -0.4 is 10.6 Å². The van der Waals surface area contributed by atoms with Crippen molar-refractivity contribution in [2.45, 2.75) is 33.4 Å². The number of rotatable bonds is 5. The molecule has 1 atom stereocenters. The van der Waals surface area contributed by atoms with E-state index >= 15 is 0 Å². The summed E-state index contributed by atoms with van der Waals surface area (Å²) in [5.41, 5.74) is 0.582. The van der Waals surface area contributed by atoms with Gasteiger partial charge in [0, 0.05) is 6.07 Å². The van der Waals surface area contributed by atoms with Crippen molar-refractivity contribution >= 4 is 12.0 Å². The van der Waals surface area contributed by atoms with E-state index in [9.17, 15) is 9.59 Å². The van der Waals surface area contributed by atoms with Crippen molar-refractivity contribution in [1.29, 1.82) is 0 Å². The molecule has 1 aromatic rings. The molecular formula is C11H17N3O4. The molecule has 100 valence electrons. The normalized spacial score (nSPS) is 12.2. The third kappa shape index (κ3) is 4.08. The van der Waals surface area contributed by atoms with Gasteiger partial charge in [0.1, 0.15) is 17.5 Å². The van der Waals surface area contributed by atoms with Gasteiger partial charge in [-0.1, -0.05) is 19.0 Å². The Hall–Kier alpha value is -2.05. The van der Waals surface area contributed by atoms with E-state index in [0.717, 1.165) is 0 Å². The summed E-state index contributed by atoms with van der Waals surface area (Å²) >= 11 is 0. The molecule has 0 aromatic carbocycles. The summed E-state index contributed by atoms with van der Waals surface area (Å²) in [4.78, 5) is 22.4. The molecule has 0 bridgehead atoms. The van der Waals surface area contributed by atoms with Gasteiger partial charge in [-0.2, -0.15) is 0 Å². The molecule has 1 heterocycles. The first kappa shape index (κ1) is 14.0. The molecule has 0 radical (unpaired) electrons. The van der Waals surface area contributed by atoms with E-state index in [2.05, 4.69) is 15.8 Å². The minimum atomic E-state index is -1.06. The van der Waals surface area contributed by atoms with Crippen molar-refractivity contribution in [3.63, 3.8) is 0 Å². The molecule has 0 saturated heterocycles. The lowest BCUT2D eigenvalue weighted by Crippen LogP contribution is -2.48. The highest BCUT2D eigenvalue weighted by molar-refractivity contribution is 5.82. The number of carbonyl (C=O) groups excluding carboxylic acids is 1. The number of amides is 2. The molecule has 0 spiro atoms. The fourth-order valence-electron chi connectivity index (χ4n) is 1.38. The van der Waals surface area contributed by atoms with Crippen LogP contribution in [0.25, 0.3) is 0 Å². The first-order valence-corrected chi connectivity index (χ1v) is 5.59. The quantitative estimate of drug-likeness (QED) is 0.724. The molecule has 0 unspecified atom stereocenters. The smallest absolute Gasteiger partial charge is 0.326 e. The van der Waals surface area contributed by atoms with E-state index < -0.39 is 18.0 Å². The number of aromatic nitrogens is 1. The first-order chi connectivity index (χ1) is 8.40. The summed E-state index contributed by atoms with van der Waals surface area (Å²) in [7, 11) is 0. The molecule has 0 aliphatic rings. The summed E-state index contributed by atoms with van der Waals surface area (Å²) in [6.07, 6.45) is 0. The van der Waals surface area contributed by atoms with Gasteiger partial charge in [-0.15, -0.1) is 0 Å². The highest BCUT2D eigenvalue weighted by Gasteiger charge is 2.23. The molecule has 0 saturated carbocycles. The van der Waals surface area contributed by atoms with Gasteiger partial charge in [0.25, 0.3) is 0 Å². The number of hydrogen-bond acceptors (Lipinski definition) is 4. The maximum absolute atomic E-state index is 11.5. The fourth-order valence-corrected chi connectivity index (χ4v) is 1.38. The lowest BCUT2D eigenvalue weighted by molar-refractivity contribution is -0.140. The number of nitrogens with one attached hydrogen (secondary N) is 2. The second-order valence-electron chi connectivity index (χ2n) is 4.32. The Kier molecular flexibility index (Phi) is 4.70. The number of aryl methyl sites for hydroxylation is 1. The Labute approximate surface area is 105 Å². The zero-order valence-corrected chi connectivity index (χ0v) is 10.6. The Balaban J connectivity index is 2.43. The van der Waals surface area contributed by atoms with Gasteiger partial charge in [0.2, 0.25) is 0 Å². The number of carbonyl (C=O) groups is 2. The molecule has 0 aliphatic carbocycles. The van der Waals surface area contributed by atoms with Gasteiger partial charge >= 0.3 is 12.0 Å². The van der Waals surface area contributed by atoms with E-state index in [4.69, 9.17) is 9.63 Å². The standard InChI is InChI=1S/C11H17N3O4/c1-6(2)9(10(15)16)13-11(17)12-5-8-4-7(3)18-14-8/h4,6,9H,5H2,1-3H3,(H,15,16)(H2,12,13,17)/t9-/m0/s1. The van der Waals surface area contributed by atoms with Gasteiger partial charge in [0.15, 0.2) is 0 Å². The van der Waals surface area contributed by atoms with Crippen molar-refractivity contribution in [2.75, 3.05) is 0 Å². The van der Waals surface area contributed by atoms with E-state index in [0.29, 0.717) is 11.5 Å². The number of nitrogens with zero attached hydrogens (tertiary/aromatic N) is 1. The van der Waals surface area contributed by atoms with Crippen LogP contribution in [-0.2, 0) is 11.3 Å². The summed E-state index contributed by atoms with van der Waals surface area (Å²) in [5, 5.41) is 17.5. The number of aliphatic carboxylic acids is 1. The highest BCUT2D eigenvalue weighted by atomic mass is 16.5. The van der Waals surface area contributed by atoms with Crippen LogP contribution in [0.15, 0.2) is 10.6 Å². The van der Waals surface area contributed by atoms with Crippen LogP contribution >= 0.6 is 0 Å². The molecule has 0 fully saturated rings. The van der Waals surface area contributed by atoms with Crippen LogP contribution in [0.1, 0.15) is 25.3 Å². The van der Waals surface area contributed by atoms with Crippen molar-refractivity contribution < 1.29 is 19.2 Å². The van der Waals surface area contributed by atoms with Crippen molar-refractivity contribution in [1.82, 2.24) is 15.8 Å². The van der Waals surface area contributed by atoms with E-state index in [1.165, 1.54) is 0 Å². The van der Waals surface area contributed by atoms with Gasteiger partial charge < -0.3 is 20.3 Å². The van der Waals surface area contributed by atoms with Crippen LogP contribution in [0.2, 0.25) is 0 Å². The zero-order valence-electron chi connectivity index (χ0n) is 10.6. The number of urea groups is 1. The zero-order chi connectivity index (χ0) is 13.7. The Morgan fingerprint density at radius 1 is 1.50 bits per heavy atom. The molecule has 3 N–H and O–H groups in total. The molecule has 1 rings (SSSR count). The third-order valence-corrected chi connectivity index (χ3v) is 2.33. The molecule has 1 aromatic heterocycles. The van der Waals surface area contributed by atoms with Crippen LogP contribution in [0, 0.1) is 12.8 Å². The molecule has 0 aliphatic heterocycles. The summed E-state index contributed by atoms with van der Waals surface area (Å²) < 4.78 is 4.84. The number of carboxylic acids is 1. The predicted octanol–water partition coefficient (Wildman–Crippen LogP) is 0.891. The van der Waals surface area contributed by atoms with Crippen LogP contribution in [-0.4, -0.2) is 28.3 Å². The van der Waals surface area contributed by atoms with Crippen LogP contribution in [0.4, 0.5) is 4.79 Å². The van der Waals surface area contributed by atoms with Crippen LogP contribution in [0.5, 0.6) is 0 Å². The van der Waals surface area contributed by atoms with Gasteiger partial charge in [-0.3, -0.25) is 0 Å².